The van der Waals surface area contributed by atoms with Crippen LogP contribution in [0.25, 0.3) is 0 Å². The molecule has 1 fully saturated rings. The smallest absolute Gasteiger partial charge is 0.221 e. The van der Waals surface area contributed by atoms with Crippen LogP contribution >= 0.6 is 12.4 Å². The Morgan fingerprint density at radius 2 is 2.25 bits per heavy atom. The lowest BCUT2D eigenvalue weighted by Crippen LogP contribution is -2.31. The van der Waals surface area contributed by atoms with Crippen LogP contribution in [0.5, 0.6) is 11.5 Å². The number of ether oxygens (including phenoxy) is 2. The summed E-state index contributed by atoms with van der Waals surface area (Å²) >= 11 is 0. The van der Waals surface area contributed by atoms with E-state index in [0.29, 0.717) is 18.9 Å². The van der Waals surface area contributed by atoms with Gasteiger partial charge < -0.3 is 20.5 Å². The quantitative estimate of drug-likeness (QED) is 0.823. The first-order valence-electron chi connectivity index (χ1n) is 8.49. The number of hydrogen-bond donors (Lipinski definition) is 2. The first kappa shape index (κ1) is 18.9. The van der Waals surface area contributed by atoms with E-state index >= 15 is 0 Å². The Balaban J connectivity index is 0.00000208. The van der Waals surface area contributed by atoms with Crippen LogP contribution in [0.2, 0.25) is 0 Å². The molecule has 0 radical (unpaired) electrons. The number of nitrogens with two attached hydrogens (primary N) is 1. The minimum absolute atomic E-state index is 0. The van der Waals surface area contributed by atoms with Crippen molar-refractivity contribution in [2.45, 2.75) is 64.1 Å². The maximum Gasteiger partial charge on any atom is 0.221 e. The fourth-order valence-electron chi connectivity index (χ4n) is 3.28. The van der Waals surface area contributed by atoms with Crippen LogP contribution in [0.1, 0.15) is 50.7 Å². The molecule has 4 atom stereocenters. The molecule has 1 aromatic rings. The average molecular weight is 355 g/mol. The number of nitrogens with one attached hydrogen (secondary N) is 1. The largest absolute Gasteiger partial charge is 0.494 e. The minimum Gasteiger partial charge on any atom is -0.494 e. The zero-order chi connectivity index (χ0) is 16.6. The molecule has 134 valence electrons. The van der Waals surface area contributed by atoms with E-state index in [1.807, 2.05) is 13.8 Å². The van der Waals surface area contributed by atoms with Crippen molar-refractivity contribution in [3.05, 3.63) is 23.3 Å². The second kappa shape index (κ2) is 7.62. The number of hydrogen-bond acceptors (Lipinski definition) is 4. The summed E-state index contributed by atoms with van der Waals surface area (Å²) in [6, 6.07) is 4.28. The Hall–Kier alpha value is -1.46. The third-order valence-corrected chi connectivity index (χ3v) is 4.37. The summed E-state index contributed by atoms with van der Waals surface area (Å²) in [4.78, 5) is 11.9. The second-order valence-electron chi connectivity index (χ2n) is 6.76. The Morgan fingerprint density at radius 3 is 2.92 bits per heavy atom. The van der Waals surface area contributed by atoms with Gasteiger partial charge in [0.2, 0.25) is 5.91 Å². The van der Waals surface area contributed by atoms with Crippen molar-refractivity contribution < 1.29 is 14.3 Å². The molecular weight excluding hydrogens is 328 g/mol. The lowest BCUT2D eigenvalue weighted by Gasteiger charge is -2.13. The van der Waals surface area contributed by atoms with E-state index in [1.165, 1.54) is 5.56 Å². The van der Waals surface area contributed by atoms with Gasteiger partial charge >= 0.3 is 0 Å². The first-order valence-corrected chi connectivity index (χ1v) is 8.49. The fourth-order valence-corrected chi connectivity index (χ4v) is 3.28. The SMILES string of the molecule is CCOc1cc2c(cc1C1CC1NC(=O)CC(C)N)OC(C)C2.Cl. The summed E-state index contributed by atoms with van der Waals surface area (Å²) in [5.74, 6) is 2.22. The van der Waals surface area contributed by atoms with E-state index in [4.69, 9.17) is 15.2 Å². The number of amides is 1. The van der Waals surface area contributed by atoms with Gasteiger partial charge in [-0.05, 0) is 39.3 Å². The average Bonchev–Trinajstić information content (AvgIpc) is 3.09. The molecular formula is C18H27ClN2O3. The van der Waals surface area contributed by atoms with Crippen molar-refractivity contribution in [2.24, 2.45) is 5.73 Å². The lowest BCUT2D eigenvalue weighted by atomic mass is 10.0. The number of fused-ring (bicyclic) bond motifs is 1. The summed E-state index contributed by atoms with van der Waals surface area (Å²) in [5, 5.41) is 3.06. The van der Waals surface area contributed by atoms with Gasteiger partial charge in [0.25, 0.3) is 0 Å². The molecule has 0 saturated heterocycles. The van der Waals surface area contributed by atoms with E-state index in [-0.39, 0.29) is 36.5 Å². The number of halogens is 1. The van der Waals surface area contributed by atoms with Gasteiger partial charge in [-0.2, -0.15) is 0 Å². The third-order valence-electron chi connectivity index (χ3n) is 4.37. The van der Waals surface area contributed by atoms with Crippen molar-refractivity contribution in [1.82, 2.24) is 5.32 Å². The van der Waals surface area contributed by atoms with Gasteiger partial charge in [0, 0.05) is 42.0 Å². The van der Waals surface area contributed by atoms with Crippen LogP contribution in [0.15, 0.2) is 12.1 Å². The molecule has 0 spiro atoms. The van der Waals surface area contributed by atoms with Gasteiger partial charge in [-0.15, -0.1) is 12.4 Å². The van der Waals surface area contributed by atoms with Crippen LogP contribution in [-0.4, -0.2) is 30.7 Å². The van der Waals surface area contributed by atoms with Crippen molar-refractivity contribution in [1.29, 1.82) is 0 Å². The molecule has 1 heterocycles. The maximum atomic E-state index is 11.9. The summed E-state index contributed by atoms with van der Waals surface area (Å²) in [6.45, 7) is 6.55. The van der Waals surface area contributed by atoms with E-state index in [0.717, 1.165) is 29.9 Å². The Bertz CT molecular complexity index is 606. The van der Waals surface area contributed by atoms with Crippen LogP contribution in [0.4, 0.5) is 0 Å². The highest BCUT2D eigenvalue weighted by Crippen LogP contribution is 2.48. The predicted molar refractivity (Wildman–Crippen MR) is 96.2 cm³/mol. The number of carbonyl (C=O) groups excluding carboxylic acids is 1. The first-order chi connectivity index (χ1) is 11.0. The molecule has 3 rings (SSSR count). The third kappa shape index (κ3) is 4.14. The highest BCUT2D eigenvalue weighted by molar-refractivity contribution is 5.85. The van der Waals surface area contributed by atoms with Crippen LogP contribution in [-0.2, 0) is 11.2 Å². The summed E-state index contributed by atoms with van der Waals surface area (Å²) < 4.78 is 11.7. The monoisotopic (exact) mass is 354 g/mol. The van der Waals surface area contributed by atoms with Gasteiger partial charge in [0.1, 0.15) is 17.6 Å². The molecule has 1 aromatic carbocycles. The highest BCUT2D eigenvalue weighted by Gasteiger charge is 2.42. The summed E-state index contributed by atoms with van der Waals surface area (Å²) in [7, 11) is 0. The highest BCUT2D eigenvalue weighted by atomic mass is 35.5. The molecule has 5 nitrogen and oxygen atoms in total. The second-order valence-corrected chi connectivity index (χ2v) is 6.76. The minimum atomic E-state index is -0.110. The molecule has 0 bridgehead atoms. The molecule has 1 aliphatic carbocycles. The van der Waals surface area contributed by atoms with E-state index in [9.17, 15) is 4.79 Å². The Morgan fingerprint density at radius 1 is 1.50 bits per heavy atom. The molecule has 1 saturated carbocycles. The van der Waals surface area contributed by atoms with Crippen LogP contribution in [0.3, 0.4) is 0 Å². The van der Waals surface area contributed by atoms with E-state index in [2.05, 4.69) is 24.4 Å². The van der Waals surface area contributed by atoms with Crippen molar-refractivity contribution in [3.63, 3.8) is 0 Å². The standard InChI is InChI=1S/C18H26N2O3.ClH/c1-4-22-17-7-12-6-11(3)23-16(12)9-14(17)13-8-15(13)20-18(21)5-10(2)19;/h7,9-11,13,15H,4-6,8,19H2,1-3H3,(H,20,21);1H. The topological polar surface area (TPSA) is 73.6 Å². The summed E-state index contributed by atoms with van der Waals surface area (Å²) in [6.07, 6.45) is 2.45. The molecule has 3 N–H and O–H groups in total. The number of benzene rings is 1. The molecule has 0 aromatic heterocycles. The van der Waals surface area contributed by atoms with Gasteiger partial charge in [-0.3, -0.25) is 4.79 Å². The normalized spacial score (nSPS) is 25.1. The summed E-state index contributed by atoms with van der Waals surface area (Å²) in [5.41, 5.74) is 8.03. The molecule has 1 aliphatic heterocycles. The number of carbonyl (C=O) groups is 1. The molecule has 1 amide bonds. The van der Waals surface area contributed by atoms with Gasteiger partial charge in [-0.1, -0.05) is 0 Å². The zero-order valence-electron chi connectivity index (χ0n) is 14.5. The van der Waals surface area contributed by atoms with Crippen molar-refractivity contribution in [3.8, 4) is 11.5 Å². The van der Waals surface area contributed by atoms with Crippen molar-refractivity contribution in [2.75, 3.05) is 6.61 Å². The molecule has 2 aliphatic rings. The van der Waals surface area contributed by atoms with Gasteiger partial charge in [-0.25, -0.2) is 0 Å². The maximum absolute atomic E-state index is 11.9. The van der Waals surface area contributed by atoms with Crippen LogP contribution < -0.4 is 20.5 Å². The predicted octanol–water partition coefficient (Wildman–Crippen LogP) is 2.54. The molecule has 24 heavy (non-hydrogen) atoms. The zero-order valence-corrected chi connectivity index (χ0v) is 15.3. The number of rotatable bonds is 6. The van der Waals surface area contributed by atoms with E-state index in [1.54, 1.807) is 0 Å². The van der Waals surface area contributed by atoms with Crippen molar-refractivity contribution >= 4 is 18.3 Å². The van der Waals surface area contributed by atoms with Gasteiger partial charge in [0.15, 0.2) is 0 Å². The Kier molecular flexibility index (Phi) is 5.99. The molecule has 6 heteroatoms. The van der Waals surface area contributed by atoms with Gasteiger partial charge in [0.05, 0.1) is 6.61 Å². The Labute approximate surface area is 149 Å². The van der Waals surface area contributed by atoms with E-state index < -0.39 is 0 Å². The molecule has 4 unspecified atom stereocenters. The van der Waals surface area contributed by atoms with Crippen LogP contribution in [0, 0.1) is 0 Å². The lowest BCUT2D eigenvalue weighted by molar-refractivity contribution is -0.121. The fraction of sp³-hybridized carbons (Fsp3) is 0.611.